The van der Waals surface area contributed by atoms with Crippen molar-refractivity contribution in [2.75, 3.05) is 19.0 Å². The van der Waals surface area contributed by atoms with Crippen LogP contribution in [0.4, 0.5) is 5.00 Å². The molecule has 1 aliphatic rings. The van der Waals surface area contributed by atoms with Gasteiger partial charge in [0.05, 0.1) is 25.0 Å². The van der Waals surface area contributed by atoms with Crippen LogP contribution in [-0.4, -0.2) is 35.4 Å². The minimum atomic E-state index is -0.668. The largest absolute Gasteiger partial charge is 0.494 e. The maximum Gasteiger partial charge on any atom is 0.341 e. The van der Waals surface area contributed by atoms with Crippen LogP contribution < -0.4 is 15.5 Å². The number of carbonyl (C=O) groups excluding carboxylic acids is 2. The lowest BCUT2D eigenvalue weighted by Crippen LogP contribution is -2.25. The molecule has 0 radical (unpaired) electrons. The molecule has 1 aromatic carbocycles. The number of benzene rings is 1. The van der Waals surface area contributed by atoms with Gasteiger partial charge in [0.25, 0.3) is 5.91 Å². The molecule has 166 valence electrons. The number of carbonyl (C=O) groups is 2. The number of aryl methyl sites for hydroxylation is 1. The molecular weight excluding hydrogens is 430 g/mol. The highest BCUT2D eigenvalue weighted by atomic mass is 32.1. The summed E-state index contributed by atoms with van der Waals surface area (Å²) in [6, 6.07) is 8.44. The van der Waals surface area contributed by atoms with Crippen LogP contribution in [0.2, 0.25) is 0 Å². The van der Waals surface area contributed by atoms with Crippen molar-refractivity contribution in [2.24, 2.45) is 0 Å². The summed E-state index contributed by atoms with van der Waals surface area (Å²) in [4.78, 5) is 38.9. The van der Waals surface area contributed by atoms with Gasteiger partial charge >= 0.3 is 5.97 Å². The highest BCUT2D eigenvalue weighted by Gasteiger charge is 2.28. The second kappa shape index (κ2) is 9.35. The lowest BCUT2D eigenvalue weighted by molar-refractivity contribution is 0.0601. The van der Waals surface area contributed by atoms with Crippen LogP contribution in [0, 0.1) is 0 Å². The molecule has 0 bridgehead atoms. The smallest absolute Gasteiger partial charge is 0.341 e. The Morgan fingerprint density at radius 2 is 1.91 bits per heavy atom. The number of hydrogen-bond donors (Lipinski definition) is 1. The van der Waals surface area contributed by atoms with E-state index in [-0.39, 0.29) is 5.69 Å². The zero-order valence-electron chi connectivity index (χ0n) is 17.8. The second-order valence-corrected chi connectivity index (χ2v) is 8.37. The Hall–Kier alpha value is -3.46. The topological polar surface area (TPSA) is 99.5 Å². The lowest BCUT2D eigenvalue weighted by Gasteiger charge is -2.12. The fraction of sp³-hybridized carbons (Fsp3) is 0.304. The van der Waals surface area contributed by atoms with E-state index in [2.05, 4.69) is 10.4 Å². The van der Waals surface area contributed by atoms with Gasteiger partial charge in [0, 0.05) is 17.1 Å². The highest BCUT2D eigenvalue weighted by molar-refractivity contribution is 7.17. The van der Waals surface area contributed by atoms with Gasteiger partial charge < -0.3 is 14.8 Å². The predicted octanol–water partition coefficient (Wildman–Crippen LogP) is 3.61. The second-order valence-electron chi connectivity index (χ2n) is 7.26. The van der Waals surface area contributed by atoms with E-state index in [4.69, 9.17) is 9.47 Å². The number of rotatable bonds is 6. The fourth-order valence-corrected chi connectivity index (χ4v) is 4.98. The van der Waals surface area contributed by atoms with Crippen molar-refractivity contribution < 1.29 is 19.1 Å². The molecule has 0 aliphatic heterocycles. The molecule has 4 rings (SSSR count). The number of aromatic nitrogens is 2. The van der Waals surface area contributed by atoms with Gasteiger partial charge in [-0.1, -0.05) is 0 Å². The first kappa shape index (κ1) is 21.8. The highest BCUT2D eigenvalue weighted by Crippen LogP contribution is 2.38. The first-order valence-electron chi connectivity index (χ1n) is 10.4. The summed E-state index contributed by atoms with van der Waals surface area (Å²) in [7, 11) is 1.31. The van der Waals surface area contributed by atoms with Gasteiger partial charge in [0.15, 0.2) is 5.69 Å². The number of amides is 1. The average Bonchev–Trinajstić information content (AvgIpc) is 3.17. The maximum atomic E-state index is 13.0. The third-order valence-corrected chi connectivity index (χ3v) is 6.43. The molecule has 3 aromatic rings. The number of ether oxygens (including phenoxy) is 2. The Bertz CT molecular complexity index is 1210. The maximum absolute atomic E-state index is 13.0. The molecular formula is C23H23N3O5S. The van der Waals surface area contributed by atoms with Crippen LogP contribution in [0.15, 0.2) is 41.3 Å². The number of fused-ring (bicyclic) bond motifs is 1. The average molecular weight is 454 g/mol. The summed E-state index contributed by atoms with van der Waals surface area (Å²) < 4.78 is 11.8. The summed E-state index contributed by atoms with van der Waals surface area (Å²) >= 11 is 1.36. The molecule has 2 aromatic heterocycles. The molecule has 8 nitrogen and oxygen atoms in total. The number of thiophene rings is 1. The molecule has 32 heavy (non-hydrogen) atoms. The third-order valence-electron chi connectivity index (χ3n) is 5.22. The number of methoxy groups -OCH3 is 1. The van der Waals surface area contributed by atoms with Crippen LogP contribution in [0.1, 0.15) is 51.1 Å². The van der Waals surface area contributed by atoms with Crippen molar-refractivity contribution >= 4 is 28.2 Å². The normalized spacial score (nSPS) is 12.7. The molecule has 0 saturated carbocycles. The molecule has 1 N–H and O–H groups in total. The van der Waals surface area contributed by atoms with E-state index in [9.17, 15) is 14.4 Å². The Morgan fingerprint density at radius 3 is 2.62 bits per heavy atom. The van der Waals surface area contributed by atoms with Crippen LogP contribution in [0.5, 0.6) is 5.75 Å². The molecule has 0 spiro atoms. The lowest BCUT2D eigenvalue weighted by atomic mass is 9.95. The summed E-state index contributed by atoms with van der Waals surface area (Å²) in [5, 5.41) is 7.35. The van der Waals surface area contributed by atoms with E-state index in [0.717, 1.165) is 36.1 Å². The SMILES string of the molecule is CCOc1ccc(-n2ccc(=O)c(C(=O)Nc3sc4c(c3C(=O)OC)CCCC4)n2)cc1. The number of nitrogens with zero attached hydrogens (tertiary/aromatic N) is 2. The van der Waals surface area contributed by atoms with Crippen molar-refractivity contribution in [3.63, 3.8) is 0 Å². The zero-order valence-corrected chi connectivity index (χ0v) is 18.7. The predicted molar refractivity (Wildman–Crippen MR) is 121 cm³/mol. The van der Waals surface area contributed by atoms with E-state index in [1.807, 2.05) is 6.92 Å². The fourth-order valence-electron chi connectivity index (χ4n) is 3.70. The van der Waals surface area contributed by atoms with Crippen LogP contribution in [-0.2, 0) is 17.6 Å². The van der Waals surface area contributed by atoms with Gasteiger partial charge in [-0.15, -0.1) is 11.3 Å². The molecule has 9 heteroatoms. The molecule has 2 heterocycles. The minimum Gasteiger partial charge on any atom is -0.494 e. The first-order chi connectivity index (χ1) is 15.5. The summed E-state index contributed by atoms with van der Waals surface area (Å²) in [5.74, 6) is -0.446. The number of nitrogens with one attached hydrogen (secondary N) is 1. The van der Waals surface area contributed by atoms with Crippen molar-refractivity contribution in [1.82, 2.24) is 9.78 Å². The molecule has 1 aliphatic carbocycles. The minimum absolute atomic E-state index is 0.261. The van der Waals surface area contributed by atoms with Crippen molar-refractivity contribution in [1.29, 1.82) is 0 Å². The molecule has 0 fully saturated rings. The molecule has 0 atom stereocenters. The third kappa shape index (κ3) is 4.29. The van der Waals surface area contributed by atoms with E-state index in [1.54, 1.807) is 24.3 Å². The van der Waals surface area contributed by atoms with Crippen LogP contribution >= 0.6 is 11.3 Å². The summed E-state index contributed by atoms with van der Waals surface area (Å²) in [6.45, 7) is 2.46. The Morgan fingerprint density at radius 1 is 1.16 bits per heavy atom. The van der Waals surface area contributed by atoms with E-state index in [0.29, 0.717) is 28.6 Å². The molecule has 0 unspecified atom stereocenters. The van der Waals surface area contributed by atoms with Crippen LogP contribution in [0.3, 0.4) is 0 Å². The van der Waals surface area contributed by atoms with Gasteiger partial charge in [0.2, 0.25) is 5.43 Å². The first-order valence-corrected chi connectivity index (χ1v) is 11.2. The zero-order chi connectivity index (χ0) is 22.7. The van der Waals surface area contributed by atoms with E-state index < -0.39 is 17.3 Å². The molecule has 1 amide bonds. The van der Waals surface area contributed by atoms with Crippen molar-refractivity contribution in [3.8, 4) is 11.4 Å². The van der Waals surface area contributed by atoms with E-state index in [1.165, 1.54) is 35.4 Å². The number of esters is 1. The quantitative estimate of drug-likeness (QED) is 0.573. The standard InChI is InChI=1S/C23H23N3O5S/c1-3-31-15-10-8-14(9-11-15)26-13-12-17(27)20(25-26)21(28)24-22-19(23(29)30-2)16-6-4-5-7-18(16)32-22/h8-13H,3-7H2,1-2H3,(H,24,28). The van der Waals surface area contributed by atoms with Crippen molar-refractivity contribution in [3.05, 3.63) is 68.4 Å². The van der Waals surface area contributed by atoms with Crippen molar-refractivity contribution in [2.45, 2.75) is 32.6 Å². The van der Waals surface area contributed by atoms with Gasteiger partial charge in [0.1, 0.15) is 10.8 Å². The number of anilines is 1. The Kier molecular flexibility index (Phi) is 6.36. The number of hydrogen-bond acceptors (Lipinski definition) is 7. The summed E-state index contributed by atoms with van der Waals surface area (Å²) in [6.07, 6.45) is 5.13. The Balaban J connectivity index is 1.64. The molecule has 0 saturated heterocycles. The monoisotopic (exact) mass is 453 g/mol. The van der Waals surface area contributed by atoms with Gasteiger partial charge in [-0.3, -0.25) is 9.59 Å². The van der Waals surface area contributed by atoms with Gasteiger partial charge in [-0.25, -0.2) is 9.48 Å². The van der Waals surface area contributed by atoms with Gasteiger partial charge in [-0.2, -0.15) is 5.10 Å². The van der Waals surface area contributed by atoms with E-state index >= 15 is 0 Å². The summed E-state index contributed by atoms with van der Waals surface area (Å²) in [5.41, 5.74) is 1.21. The Labute approximate surface area is 188 Å². The van der Waals surface area contributed by atoms with Crippen LogP contribution in [0.25, 0.3) is 5.69 Å². The van der Waals surface area contributed by atoms with Gasteiger partial charge in [-0.05, 0) is 62.4 Å².